The predicted octanol–water partition coefficient (Wildman–Crippen LogP) is 5.08. The summed E-state index contributed by atoms with van der Waals surface area (Å²) in [7, 11) is 1.70. The fourth-order valence-corrected chi connectivity index (χ4v) is 3.65. The number of aromatic nitrogens is 3. The number of rotatable bonds is 7. The summed E-state index contributed by atoms with van der Waals surface area (Å²) in [4.78, 5) is 22.3. The van der Waals surface area contributed by atoms with Crippen LogP contribution in [-0.2, 0) is 13.5 Å². The average Bonchev–Trinajstić information content (AvgIpc) is 2.82. The fraction of sp³-hybridized carbons (Fsp3) is 0.192. The molecule has 0 bridgehead atoms. The number of benzene rings is 2. The standard InChI is InChI=1S/C26H25FN4O/c1-18(8-9-19-6-4-3-5-7-19)29-26-30-24(21-14-16-28-17-15-21)23(25(32)31(26)2)20-10-12-22(27)13-11-20/h3-7,10-18H,8-9H2,1-2H3,(H,29,30)/t18-/m1/s1. The van der Waals surface area contributed by atoms with E-state index in [1.807, 2.05) is 30.3 Å². The van der Waals surface area contributed by atoms with Gasteiger partial charge in [0.1, 0.15) is 5.82 Å². The van der Waals surface area contributed by atoms with E-state index < -0.39 is 0 Å². The maximum Gasteiger partial charge on any atom is 0.263 e. The molecule has 2 aromatic carbocycles. The summed E-state index contributed by atoms with van der Waals surface area (Å²) >= 11 is 0. The van der Waals surface area contributed by atoms with Crippen LogP contribution in [0.3, 0.4) is 0 Å². The van der Waals surface area contributed by atoms with Gasteiger partial charge < -0.3 is 5.32 Å². The zero-order chi connectivity index (χ0) is 22.5. The molecule has 4 aromatic rings. The molecule has 1 atom stereocenters. The van der Waals surface area contributed by atoms with E-state index >= 15 is 0 Å². The number of anilines is 1. The number of aryl methyl sites for hydroxylation is 1. The van der Waals surface area contributed by atoms with Crippen LogP contribution in [0, 0.1) is 5.82 Å². The molecule has 32 heavy (non-hydrogen) atoms. The van der Waals surface area contributed by atoms with E-state index in [1.165, 1.54) is 22.3 Å². The second-order valence-corrected chi connectivity index (χ2v) is 7.84. The summed E-state index contributed by atoms with van der Waals surface area (Å²) in [6.45, 7) is 2.08. The van der Waals surface area contributed by atoms with Gasteiger partial charge in [0.05, 0.1) is 11.3 Å². The minimum absolute atomic E-state index is 0.107. The van der Waals surface area contributed by atoms with Crippen molar-refractivity contribution in [3.05, 3.63) is 101 Å². The summed E-state index contributed by atoms with van der Waals surface area (Å²) in [5, 5.41) is 3.40. The Balaban J connectivity index is 1.70. The molecule has 0 radical (unpaired) electrons. The largest absolute Gasteiger partial charge is 0.353 e. The number of halogens is 1. The summed E-state index contributed by atoms with van der Waals surface area (Å²) in [6, 6.07) is 20.0. The quantitative estimate of drug-likeness (QED) is 0.446. The molecule has 5 nitrogen and oxygen atoms in total. The van der Waals surface area contributed by atoms with Gasteiger partial charge in [-0.05, 0) is 55.2 Å². The highest BCUT2D eigenvalue weighted by Crippen LogP contribution is 2.29. The molecule has 6 heteroatoms. The van der Waals surface area contributed by atoms with Gasteiger partial charge in [-0.3, -0.25) is 14.3 Å². The fourth-order valence-electron chi connectivity index (χ4n) is 3.65. The molecule has 2 aromatic heterocycles. The van der Waals surface area contributed by atoms with Crippen molar-refractivity contribution in [2.24, 2.45) is 7.05 Å². The van der Waals surface area contributed by atoms with Crippen molar-refractivity contribution in [1.82, 2.24) is 14.5 Å². The van der Waals surface area contributed by atoms with Gasteiger partial charge in [-0.25, -0.2) is 9.37 Å². The Morgan fingerprint density at radius 1 is 0.969 bits per heavy atom. The third kappa shape index (κ3) is 4.75. The molecule has 0 fully saturated rings. The van der Waals surface area contributed by atoms with Crippen molar-refractivity contribution in [1.29, 1.82) is 0 Å². The van der Waals surface area contributed by atoms with E-state index in [0.717, 1.165) is 18.4 Å². The number of hydrogen-bond donors (Lipinski definition) is 1. The van der Waals surface area contributed by atoms with Gasteiger partial charge in [-0.15, -0.1) is 0 Å². The maximum absolute atomic E-state index is 13.5. The van der Waals surface area contributed by atoms with Crippen LogP contribution in [0.2, 0.25) is 0 Å². The highest BCUT2D eigenvalue weighted by molar-refractivity contribution is 5.80. The average molecular weight is 429 g/mol. The van der Waals surface area contributed by atoms with Crippen molar-refractivity contribution in [3.63, 3.8) is 0 Å². The number of nitrogens with zero attached hydrogens (tertiary/aromatic N) is 3. The van der Waals surface area contributed by atoms with Crippen molar-refractivity contribution in [2.75, 3.05) is 5.32 Å². The Hall–Kier alpha value is -3.80. The normalized spacial score (nSPS) is 11.8. The summed E-state index contributed by atoms with van der Waals surface area (Å²) in [5.74, 6) is 0.141. The summed E-state index contributed by atoms with van der Waals surface area (Å²) in [6.07, 6.45) is 5.15. The molecule has 0 unspecified atom stereocenters. The topological polar surface area (TPSA) is 59.8 Å². The second kappa shape index (κ2) is 9.56. The predicted molar refractivity (Wildman–Crippen MR) is 126 cm³/mol. The lowest BCUT2D eigenvalue weighted by Gasteiger charge is -2.19. The van der Waals surface area contributed by atoms with Crippen LogP contribution in [0.5, 0.6) is 0 Å². The van der Waals surface area contributed by atoms with Crippen molar-refractivity contribution >= 4 is 5.95 Å². The van der Waals surface area contributed by atoms with Gasteiger partial charge in [-0.2, -0.15) is 0 Å². The first-order chi connectivity index (χ1) is 15.5. The Morgan fingerprint density at radius 3 is 2.34 bits per heavy atom. The smallest absolute Gasteiger partial charge is 0.263 e. The number of pyridine rings is 1. The molecule has 0 aliphatic heterocycles. The van der Waals surface area contributed by atoms with E-state index in [0.29, 0.717) is 22.8 Å². The highest BCUT2D eigenvalue weighted by Gasteiger charge is 2.19. The molecule has 0 aliphatic carbocycles. The van der Waals surface area contributed by atoms with Gasteiger partial charge >= 0.3 is 0 Å². The SMILES string of the molecule is C[C@H](CCc1ccccc1)Nc1nc(-c2ccncc2)c(-c2ccc(F)cc2)c(=O)n1C. The van der Waals surface area contributed by atoms with Crippen LogP contribution in [0.1, 0.15) is 18.9 Å². The Morgan fingerprint density at radius 2 is 1.66 bits per heavy atom. The van der Waals surface area contributed by atoms with E-state index in [4.69, 9.17) is 4.98 Å². The third-order valence-corrected chi connectivity index (χ3v) is 5.46. The molecule has 2 heterocycles. The van der Waals surface area contributed by atoms with Gasteiger partial charge in [0.2, 0.25) is 5.95 Å². The van der Waals surface area contributed by atoms with E-state index in [-0.39, 0.29) is 17.4 Å². The molecule has 1 N–H and O–H groups in total. The first-order valence-corrected chi connectivity index (χ1v) is 10.6. The van der Waals surface area contributed by atoms with E-state index in [9.17, 15) is 9.18 Å². The first kappa shape index (κ1) is 21.4. The van der Waals surface area contributed by atoms with Crippen LogP contribution in [-0.4, -0.2) is 20.6 Å². The zero-order valence-corrected chi connectivity index (χ0v) is 18.1. The minimum Gasteiger partial charge on any atom is -0.353 e. The lowest BCUT2D eigenvalue weighted by molar-refractivity contribution is 0.628. The van der Waals surface area contributed by atoms with Crippen LogP contribution in [0.4, 0.5) is 10.3 Å². The molecule has 0 saturated carbocycles. The van der Waals surface area contributed by atoms with Crippen molar-refractivity contribution in [3.8, 4) is 22.4 Å². The lowest BCUT2D eigenvalue weighted by Crippen LogP contribution is -2.28. The third-order valence-electron chi connectivity index (χ3n) is 5.46. The minimum atomic E-state index is -0.352. The first-order valence-electron chi connectivity index (χ1n) is 10.6. The maximum atomic E-state index is 13.5. The number of hydrogen-bond acceptors (Lipinski definition) is 4. The second-order valence-electron chi connectivity index (χ2n) is 7.84. The molecule has 4 rings (SSSR count). The van der Waals surface area contributed by atoms with E-state index in [1.54, 1.807) is 31.6 Å². The molecule has 0 aliphatic rings. The van der Waals surface area contributed by atoms with Gasteiger partial charge in [0, 0.05) is 31.0 Å². The lowest BCUT2D eigenvalue weighted by atomic mass is 10.0. The zero-order valence-electron chi connectivity index (χ0n) is 18.1. The van der Waals surface area contributed by atoms with Crippen LogP contribution >= 0.6 is 0 Å². The molecule has 0 amide bonds. The molecule has 162 valence electrons. The van der Waals surface area contributed by atoms with E-state index in [2.05, 4.69) is 29.4 Å². The number of nitrogens with one attached hydrogen (secondary N) is 1. The summed E-state index contributed by atoms with van der Waals surface area (Å²) in [5.41, 5.74) is 3.44. The summed E-state index contributed by atoms with van der Waals surface area (Å²) < 4.78 is 15.0. The van der Waals surface area contributed by atoms with Gasteiger partial charge in [0.15, 0.2) is 0 Å². The van der Waals surface area contributed by atoms with Gasteiger partial charge in [-0.1, -0.05) is 42.5 Å². The Labute approximate surface area is 186 Å². The van der Waals surface area contributed by atoms with Crippen molar-refractivity contribution in [2.45, 2.75) is 25.8 Å². The van der Waals surface area contributed by atoms with Crippen molar-refractivity contribution < 1.29 is 4.39 Å². The molecular weight excluding hydrogens is 403 g/mol. The monoisotopic (exact) mass is 428 g/mol. The molecular formula is C26H25FN4O. The van der Waals surface area contributed by atoms with Gasteiger partial charge in [0.25, 0.3) is 5.56 Å². The Bertz CT molecular complexity index is 1240. The van der Waals surface area contributed by atoms with Crippen LogP contribution in [0.25, 0.3) is 22.4 Å². The Kier molecular flexibility index (Phi) is 6.40. The highest BCUT2D eigenvalue weighted by atomic mass is 19.1. The van der Waals surface area contributed by atoms with Crippen LogP contribution < -0.4 is 10.9 Å². The molecule has 0 spiro atoms. The molecule has 0 saturated heterocycles. The van der Waals surface area contributed by atoms with Crippen LogP contribution in [0.15, 0.2) is 83.9 Å².